The number of hydrogen-bond acceptors (Lipinski definition) is 0. The molecule has 2 saturated heterocycles. The first kappa shape index (κ1) is 41.5. The Morgan fingerprint density at radius 1 is 0.500 bits per heavy atom. The Bertz CT molecular complexity index is 581. The molecule has 0 aromatic carbocycles. The quantitative estimate of drug-likeness (QED) is 0.177. The number of halogens is 6. The van der Waals surface area contributed by atoms with Gasteiger partial charge in [-0.1, -0.05) is 71.2 Å². The van der Waals surface area contributed by atoms with Crippen molar-refractivity contribution in [1.82, 2.24) is 0 Å². The summed E-state index contributed by atoms with van der Waals surface area (Å²) < 4.78 is 59.2. The molecule has 3 rings (SSSR count). The first-order chi connectivity index (χ1) is 17.7. The van der Waals surface area contributed by atoms with Gasteiger partial charge in [-0.05, 0) is 136 Å². The molecule has 0 aromatic rings. The van der Waals surface area contributed by atoms with Crippen molar-refractivity contribution in [2.24, 2.45) is 23.7 Å². The third-order valence-corrected chi connectivity index (χ3v) is 16.9. The molecule has 0 amide bonds. The molecule has 0 spiro atoms. The van der Waals surface area contributed by atoms with Gasteiger partial charge in [0.25, 0.3) is 0 Å². The Kier molecular flexibility index (Phi) is 17.9. The van der Waals surface area contributed by atoms with E-state index in [-0.39, 0.29) is 35.9 Å². The molecule has 2 aliphatic heterocycles. The van der Waals surface area contributed by atoms with E-state index in [2.05, 4.69) is 81.1 Å². The Balaban J connectivity index is 0.000000778. The van der Waals surface area contributed by atoms with Crippen LogP contribution in [0.5, 0.6) is 0 Å². The van der Waals surface area contributed by atoms with Crippen LogP contribution < -0.4 is 0 Å². The van der Waals surface area contributed by atoms with E-state index in [4.69, 9.17) is 0 Å². The van der Waals surface area contributed by atoms with Gasteiger partial charge in [0.1, 0.15) is 0 Å². The molecule has 0 nitrogen and oxygen atoms in total. The minimum atomic E-state index is -10.7. The normalized spacial score (nSPS) is 28.6. The first-order valence-corrected chi connectivity index (χ1v) is 20.4. The molecule has 10 heteroatoms. The minimum absolute atomic E-state index is 0. The number of rotatable bonds is 7. The molecule has 5 radical (unpaired) electrons. The molecule has 3 fully saturated rings. The average molecular weight is 816 g/mol. The van der Waals surface area contributed by atoms with E-state index in [0.29, 0.717) is 0 Å². The zero-order valence-corrected chi connectivity index (χ0v) is 31.0. The van der Waals surface area contributed by atoms with Crippen molar-refractivity contribution in [2.45, 2.75) is 129 Å². The molecule has 40 heavy (non-hydrogen) atoms. The summed E-state index contributed by atoms with van der Waals surface area (Å²) in [6, 6.07) is 0. The van der Waals surface area contributed by atoms with Crippen LogP contribution in [-0.4, -0.2) is 35.0 Å². The fourth-order valence-electron chi connectivity index (χ4n) is 6.45. The zero-order chi connectivity index (χ0) is 30.1. The first-order valence-electron chi connectivity index (χ1n) is 15.1. The molecular formula is C30H56F6IrP3-. The van der Waals surface area contributed by atoms with Crippen LogP contribution in [0.3, 0.4) is 0 Å². The second kappa shape index (κ2) is 17.3. The summed E-state index contributed by atoms with van der Waals surface area (Å²) >= 11 is 0. The maximum atomic E-state index is 9.87. The van der Waals surface area contributed by atoms with E-state index in [1.165, 1.54) is 51.4 Å². The van der Waals surface area contributed by atoms with Crippen molar-refractivity contribution in [1.29, 1.82) is 0 Å². The minimum Gasteiger partial charge on any atom is -0.0496 e. The summed E-state index contributed by atoms with van der Waals surface area (Å²) in [6.45, 7) is 20.0. The standard InChI is InChI=1S/C22H44P2.C8H12.F6P.Ir/c1-15(2)19-9-10-20(16(3)4)23(19)13-14-24-21(17(5)6)11-12-22(24)18(7)8;1-2-4-6-8-7-5-3-1;1-7(2,3,4,5)6;/h15-22H,9-14H2,1-8H3;1-2,7-8H,3-6H2;;/q;;-1;/t19-,20-,21-,22-;;;/m0.../s1. The Morgan fingerprint density at radius 2 is 0.675 bits per heavy atom. The summed E-state index contributed by atoms with van der Waals surface area (Å²) in [4.78, 5) is 0. The molecule has 0 bridgehead atoms. The summed E-state index contributed by atoms with van der Waals surface area (Å²) in [5, 5.41) is 0. The second-order valence-corrected chi connectivity index (χ2v) is 20.5. The fraction of sp³-hybridized carbons (Fsp3) is 0.867. The molecule has 0 aromatic heterocycles. The zero-order valence-electron chi connectivity index (χ0n) is 25.9. The predicted molar refractivity (Wildman–Crippen MR) is 166 cm³/mol. The maximum absolute atomic E-state index is 10.7. The third-order valence-electron chi connectivity index (χ3n) is 8.25. The van der Waals surface area contributed by atoms with Gasteiger partial charge in [-0.25, -0.2) is 0 Å². The molecule has 2 heterocycles. The van der Waals surface area contributed by atoms with Crippen LogP contribution in [0.4, 0.5) is 25.2 Å². The monoisotopic (exact) mass is 816 g/mol. The van der Waals surface area contributed by atoms with Gasteiger partial charge in [0, 0.05) is 20.1 Å². The van der Waals surface area contributed by atoms with Crippen molar-refractivity contribution in [3.8, 4) is 0 Å². The molecule has 0 N–H and O–H groups in total. The van der Waals surface area contributed by atoms with Gasteiger partial charge >= 0.3 is 33.0 Å². The molecule has 1 saturated carbocycles. The fourth-order valence-corrected chi connectivity index (χ4v) is 15.6. The van der Waals surface area contributed by atoms with Crippen LogP contribution >= 0.6 is 23.7 Å². The maximum Gasteiger partial charge on any atom is 0 e. The van der Waals surface area contributed by atoms with Gasteiger partial charge in [0.15, 0.2) is 0 Å². The third kappa shape index (κ3) is 18.4. The van der Waals surface area contributed by atoms with Gasteiger partial charge in [0.2, 0.25) is 0 Å². The van der Waals surface area contributed by atoms with Gasteiger partial charge in [-0.2, -0.15) is 0 Å². The van der Waals surface area contributed by atoms with Gasteiger partial charge in [0.05, 0.1) is 0 Å². The topological polar surface area (TPSA) is 0 Å². The Hall–Kier alpha value is 1.52. The average Bonchev–Trinajstić information content (AvgIpc) is 3.34. The summed E-state index contributed by atoms with van der Waals surface area (Å²) in [7, 11) is -10.1. The Labute approximate surface area is 259 Å². The molecular weight excluding hydrogens is 759 g/mol. The van der Waals surface area contributed by atoms with E-state index in [1.54, 1.807) is 12.3 Å². The van der Waals surface area contributed by atoms with Gasteiger partial charge in [-0.3, -0.25) is 0 Å². The van der Waals surface area contributed by atoms with Crippen molar-refractivity contribution in [2.75, 3.05) is 12.3 Å². The van der Waals surface area contributed by atoms with Crippen LogP contribution in [0.2, 0.25) is 0 Å². The van der Waals surface area contributed by atoms with E-state index in [0.717, 1.165) is 46.3 Å². The summed E-state index contributed by atoms with van der Waals surface area (Å²) in [6.07, 6.45) is 23.4. The van der Waals surface area contributed by atoms with Crippen molar-refractivity contribution in [3.05, 3.63) is 25.7 Å². The molecule has 0 unspecified atom stereocenters. The van der Waals surface area contributed by atoms with Crippen molar-refractivity contribution < 1.29 is 45.3 Å². The second-order valence-electron chi connectivity index (χ2n) is 12.9. The van der Waals surface area contributed by atoms with Crippen LogP contribution in [0.25, 0.3) is 0 Å². The Morgan fingerprint density at radius 3 is 0.825 bits per heavy atom. The molecule has 243 valence electrons. The predicted octanol–water partition coefficient (Wildman–Crippen LogP) is 13.4. The molecule has 1 aliphatic carbocycles. The van der Waals surface area contributed by atoms with Crippen LogP contribution in [0.15, 0.2) is 0 Å². The van der Waals surface area contributed by atoms with Crippen LogP contribution in [-0.2, 0) is 20.1 Å². The number of hydrogen-bond donors (Lipinski definition) is 0. The van der Waals surface area contributed by atoms with Crippen molar-refractivity contribution in [3.63, 3.8) is 0 Å². The van der Waals surface area contributed by atoms with Gasteiger partial charge < -0.3 is 0 Å². The molecule has 3 aliphatic rings. The van der Waals surface area contributed by atoms with Gasteiger partial charge in [-0.15, -0.1) is 0 Å². The largest absolute Gasteiger partial charge is 0.0496 e. The van der Waals surface area contributed by atoms with E-state index in [1.807, 2.05) is 0 Å². The smallest absolute Gasteiger partial charge is 0 e. The SMILES string of the molecule is CC(C)[C@@H]1CC[C@@H](C(C)C)P1CCP1[C@H](C(C)C)CC[C@H]1C(C)C.F[P-](F)(F)(F)(F)F.[CH]1[CH]CC[CH][CH]CC1.[Ir]. The van der Waals surface area contributed by atoms with Crippen LogP contribution in [0, 0.1) is 49.4 Å². The van der Waals surface area contributed by atoms with E-state index >= 15 is 0 Å². The van der Waals surface area contributed by atoms with Crippen molar-refractivity contribution >= 4 is 23.7 Å². The molecule has 4 atom stereocenters. The summed E-state index contributed by atoms with van der Waals surface area (Å²) in [5.41, 5.74) is 4.28. The van der Waals surface area contributed by atoms with Crippen LogP contribution in [0.1, 0.15) is 107 Å². The summed E-state index contributed by atoms with van der Waals surface area (Å²) in [5.74, 6) is 3.66. The van der Waals surface area contributed by atoms with E-state index in [9.17, 15) is 25.2 Å². The van der Waals surface area contributed by atoms with E-state index < -0.39 is 7.81 Å².